The predicted molar refractivity (Wildman–Crippen MR) is 84.3 cm³/mol. The van der Waals surface area contributed by atoms with Crippen molar-refractivity contribution in [2.75, 3.05) is 41.0 Å². The van der Waals surface area contributed by atoms with E-state index in [0.29, 0.717) is 0 Å². The van der Waals surface area contributed by atoms with Crippen LogP contribution in [-0.4, -0.2) is 78.3 Å². The zero-order valence-corrected chi connectivity index (χ0v) is 13.8. The molecule has 1 N–H and O–H groups in total. The molecule has 0 saturated carbocycles. The number of rotatable bonds is 6. The fourth-order valence-electron chi connectivity index (χ4n) is 2.50. The van der Waals surface area contributed by atoms with Crippen LogP contribution in [0.2, 0.25) is 0 Å². The van der Waals surface area contributed by atoms with Crippen molar-refractivity contribution in [2.45, 2.75) is 0 Å². The number of ether oxygens (including phenoxy) is 1. The van der Waals surface area contributed by atoms with Gasteiger partial charge in [-0.15, -0.1) is 0 Å². The number of aliphatic hydroxyl groups is 1. The molecule has 1 aromatic heterocycles. The molecule has 0 saturated heterocycles. The van der Waals surface area contributed by atoms with Gasteiger partial charge in [0.2, 0.25) is 11.6 Å². The van der Waals surface area contributed by atoms with E-state index in [4.69, 9.17) is 9.84 Å². The SMILES string of the molecule is COCC(=O)N(C)C1=C(N(C)CCO)C(=O)c2ncccc2C1=O. The van der Waals surface area contributed by atoms with Crippen molar-refractivity contribution in [1.29, 1.82) is 0 Å². The average Bonchev–Trinajstić information content (AvgIpc) is 2.57. The molecule has 24 heavy (non-hydrogen) atoms. The molecule has 0 atom stereocenters. The molecule has 1 aliphatic carbocycles. The Labute approximate surface area is 139 Å². The molecule has 2 rings (SSSR count). The van der Waals surface area contributed by atoms with Crippen LogP contribution in [0.25, 0.3) is 0 Å². The zero-order chi connectivity index (χ0) is 17.9. The van der Waals surface area contributed by atoms with Crippen molar-refractivity contribution in [1.82, 2.24) is 14.8 Å². The average molecular weight is 333 g/mol. The lowest BCUT2D eigenvalue weighted by Gasteiger charge is -2.31. The molecule has 0 fully saturated rings. The smallest absolute Gasteiger partial charge is 0.252 e. The fraction of sp³-hybridized carbons (Fsp3) is 0.375. The molecule has 8 heteroatoms. The third-order valence-electron chi connectivity index (χ3n) is 3.72. The summed E-state index contributed by atoms with van der Waals surface area (Å²) in [6.07, 6.45) is 1.43. The summed E-state index contributed by atoms with van der Waals surface area (Å²) in [6, 6.07) is 3.06. The first-order valence-corrected chi connectivity index (χ1v) is 7.30. The quantitative estimate of drug-likeness (QED) is 0.763. The maximum absolute atomic E-state index is 12.9. The van der Waals surface area contributed by atoms with E-state index in [1.165, 1.54) is 31.3 Å². The van der Waals surface area contributed by atoms with Gasteiger partial charge in [-0.05, 0) is 12.1 Å². The molecule has 1 heterocycles. The summed E-state index contributed by atoms with van der Waals surface area (Å²) in [6.45, 7) is -0.301. The van der Waals surface area contributed by atoms with Gasteiger partial charge in [-0.2, -0.15) is 0 Å². The number of Topliss-reactive ketones (excluding diaryl/α,β-unsaturated/α-hetero) is 2. The third-order valence-corrected chi connectivity index (χ3v) is 3.72. The van der Waals surface area contributed by atoms with E-state index in [9.17, 15) is 14.4 Å². The van der Waals surface area contributed by atoms with E-state index in [1.807, 2.05) is 0 Å². The van der Waals surface area contributed by atoms with Crippen LogP contribution in [0, 0.1) is 0 Å². The Morgan fingerprint density at radius 1 is 1.25 bits per heavy atom. The minimum atomic E-state index is -0.468. The van der Waals surface area contributed by atoms with Crippen molar-refractivity contribution in [2.24, 2.45) is 0 Å². The highest BCUT2D eigenvalue weighted by molar-refractivity contribution is 6.26. The zero-order valence-electron chi connectivity index (χ0n) is 13.8. The van der Waals surface area contributed by atoms with E-state index in [1.54, 1.807) is 13.1 Å². The number of amides is 1. The van der Waals surface area contributed by atoms with Gasteiger partial charge in [-0.25, -0.2) is 0 Å². The number of aromatic nitrogens is 1. The molecule has 128 valence electrons. The standard InChI is InChI=1S/C16H19N3O5/c1-18(7-8-20)13-14(19(2)11(21)9-24-3)15(22)10-5-4-6-17-12(10)16(13)23/h4-6,20H,7-9H2,1-3H3. The van der Waals surface area contributed by atoms with E-state index in [-0.39, 0.29) is 42.4 Å². The summed E-state index contributed by atoms with van der Waals surface area (Å²) in [5.41, 5.74) is 0.181. The predicted octanol–water partition coefficient (Wildman–Crippen LogP) is -0.299. The lowest BCUT2D eigenvalue weighted by Crippen LogP contribution is -2.42. The van der Waals surface area contributed by atoms with E-state index >= 15 is 0 Å². The highest BCUT2D eigenvalue weighted by Crippen LogP contribution is 2.28. The first kappa shape index (κ1) is 17.8. The van der Waals surface area contributed by atoms with Gasteiger partial charge in [0.15, 0.2) is 0 Å². The van der Waals surface area contributed by atoms with Crippen LogP contribution < -0.4 is 0 Å². The van der Waals surface area contributed by atoms with Crippen molar-refractivity contribution >= 4 is 17.5 Å². The van der Waals surface area contributed by atoms with Gasteiger partial charge in [0.25, 0.3) is 5.91 Å². The lowest BCUT2D eigenvalue weighted by molar-refractivity contribution is -0.131. The highest BCUT2D eigenvalue weighted by Gasteiger charge is 2.38. The Balaban J connectivity index is 2.61. The molecule has 0 radical (unpaired) electrons. The van der Waals surface area contributed by atoms with Crippen LogP contribution >= 0.6 is 0 Å². The highest BCUT2D eigenvalue weighted by atomic mass is 16.5. The molecule has 1 aromatic rings. The maximum Gasteiger partial charge on any atom is 0.252 e. The van der Waals surface area contributed by atoms with Gasteiger partial charge in [-0.1, -0.05) is 0 Å². The minimum absolute atomic E-state index is 0.0344. The molecule has 0 bridgehead atoms. The number of pyridine rings is 1. The Bertz CT molecular complexity index is 713. The fourth-order valence-corrected chi connectivity index (χ4v) is 2.50. The first-order valence-electron chi connectivity index (χ1n) is 7.30. The Hall–Kier alpha value is -2.58. The Morgan fingerprint density at radius 3 is 2.58 bits per heavy atom. The second-order valence-electron chi connectivity index (χ2n) is 5.29. The number of aliphatic hydroxyl groups excluding tert-OH is 1. The topological polar surface area (TPSA) is 100 Å². The van der Waals surface area contributed by atoms with Crippen molar-refractivity contribution in [3.8, 4) is 0 Å². The van der Waals surface area contributed by atoms with Gasteiger partial charge >= 0.3 is 0 Å². The molecule has 0 spiro atoms. The molecular weight excluding hydrogens is 314 g/mol. The van der Waals surface area contributed by atoms with Crippen molar-refractivity contribution < 1.29 is 24.2 Å². The molecule has 0 aromatic carbocycles. The van der Waals surface area contributed by atoms with E-state index in [0.717, 1.165) is 4.90 Å². The van der Waals surface area contributed by atoms with E-state index in [2.05, 4.69) is 4.98 Å². The summed E-state index contributed by atoms with van der Waals surface area (Å²) in [4.78, 5) is 44.4. The summed E-state index contributed by atoms with van der Waals surface area (Å²) < 4.78 is 4.81. The van der Waals surface area contributed by atoms with Crippen LogP contribution in [0.3, 0.4) is 0 Å². The minimum Gasteiger partial charge on any atom is -0.395 e. The van der Waals surface area contributed by atoms with Gasteiger partial charge in [0.05, 0.1) is 12.2 Å². The second-order valence-corrected chi connectivity index (χ2v) is 5.29. The number of hydrogen-bond acceptors (Lipinski definition) is 7. The molecule has 8 nitrogen and oxygen atoms in total. The number of hydrogen-bond donors (Lipinski definition) is 1. The monoisotopic (exact) mass is 333 g/mol. The van der Waals surface area contributed by atoms with Crippen LogP contribution in [0.15, 0.2) is 29.7 Å². The molecule has 0 unspecified atom stereocenters. The normalized spacial score (nSPS) is 13.8. The van der Waals surface area contributed by atoms with E-state index < -0.39 is 17.5 Å². The number of carbonyl (C=O) groups is 3. The largest absolute Gasteiger partial charge is 0.395 e. The number of ketones is 2. The molecule has 1 aliphatic rings. The van der Waals surface area contributed by atoms with Crippen LogP contribution in [0.1, 0.15) is 20.8 Å². The van der Waals surface area contributed by atoms with Gasteiger partial charge < -0.3 is 19.6 Å². The first-order chi connectivity index (χ1) is 11.4. The maximum atomic E-state index is 12.9. The van der Waals surface area contributed by atoms with Crippen molar-refractivity contribution in [3.05, 3.63) is 41.0 Å². The second kappa shape index (κ2) is 7.33. The Morgan fingerprint density at radius 2 is 1.96 bits per heavy atom. The van der Waals surface area contributed by atoms with Crippen LogP contribution in [0.5, 0.6) is 0 Å². The number of nitrogens with zero attached hydrogens (tertiary/aromatic N) is 3. The summed E-state index contributed by atoms with van der Waals surface area (Å²) in [5, 5.41) is 9.16. The number of methoxy groups -OCH3 is 1. The summed E-state index contributed by atoms with van der Waals surface area (Å²) in [5.74, 6) is -1.39. The number of fused-ring (bicyclic) bond motifs is 1. The third kappa shape index (κ3) is 3.06. The van der Waals surface area contributed by atoms with Crippen LogP contribution in [-0.2, 0) is 9.53 Å². The van der Waals surface area contributed by atoms with Crippen molar-refractivity contribution in [3.63, 3.8) is 0 Å². The summed E-state index contributed by atoms with van der Waals surface area (Å²) >= 11 is 0. The van der Waals surface area contributed by atoms with Gasteiger partial charge in [0.1, 0.15) is 23.7 Å². The van der Waals surface area contributed by atoms with Gasteiger partial charge in [0, 0.05) is 33.9 Å². The Kier molecular flexibility index (Phi) is 5.42. The number of likely N-dealkylation sites (N-methyl/N-ethyl adjacent to an activating group) is 2. The molecular formula is C16H19N3O5. The van der Waals surface area contributed by atoms with Crippen LogP contribution in [0.4, 0.5) is 0 Å². The number of allylic oxidation sites excluding steroid dienone is 2. The summed E-state index contributed by atoms with van der Waals surface area (Å²) in [7, 11) is 4.35. The van der Waals surface area contributed by atoms with Gasteiger partial charge in [-0.3, -0.25) is 19.4 Å². The molecule has 1 amide bonds. The lowest BCUT2D eigenvalue weighted by atomic mass is 9.93. The molecule has 0 aliphatic heterocycles. The number of carbonyl (C=O) groups excluding carboxylic acids is 3.